The Morgan fingerprint density at radius 3 is 2.11 bits per heavy atom. The minimum atomic E-state index is -3.55. The molecule has 0 spiro atoms. The number of hydrogen-bond acceptors (Lipinski definition) is 3. The molecule has 0 fully saturated rings. The quantitative estimate of drug-likeness (QED) is 0.709. The van der Waals surface area contributed by atoms with E-state index in [4.69, 9.17) is 27.0 Å². The van der Waals surface area contributed by atoms with Crippen LogP contribution in [-0.4, -0.2) is 20.8 Å². The molecule has 0 radical (unpaired) electrons. The Morgan fingerprint density at radius 2 is 1.68 bits per heavy atom. The van der Waals surface area contributed by atoms with Gasteiger partial charge in [0.2, 0.25) is 9.05 Å². The van der Waals surface area contributed by atoms with Crippen LogP contribution in [0.25, 0.3) is 0 Å². The summed E-state index contributed by atoms with van der Waals surface area (Å²) in [5.74, 6) is 0.588. The molecule has 0 N–H and O–H groups in total. The number of benzene rings is 1. The fourth-order valence-corrected chi connectivity index (χ4v) is 3.88. The summed E-state index contributed by atoms with van der Waals surface area (Å²) in [6.07, 6.45) is 1.37. The number of hydrogen-bond donors (Lipinski definition) is 0. The molecule has 108 valence electrons. The zero-order valence-corrected chi connectivity index (χ0v) is 13.4. The van der Waals surface area contributed by atoms with Crippen molar-refractivity contribution in [2.75, 3.05) is 12.4 Å². The van der Waals surface area contributed by atoms with Gasteiger partial charge in [0.15, 0.2) is 0 Å². The van der Waals surface area contributed by atoms with Crippen molar-refractivity contribution in [2.24, 2.45) is 5.41 Å². The predicted octanol–water partition coefficient (Wildman–Crippen LogP) is 4.09. The fourth-order valence-electron chi connectivity index (χ4n) is 1.83. The van der Waals surface area contributed by atoms with Gasteiger partial charge in [-0.25, -0.2) is 8.42 Å². The lowest BCUT2D eigenvalue weighted by molar-refractivity contribution is 0.155. The highest BCUT2D eigenvalue weighted by Crippen LogP contribution is 2.31. The van der Waals surface area contributed by atoms with Crippen molar-refractivity contribution in [3.05, 3.63) is 29.3 Å². The van der Waals surface area contributed by atoms with Gasteiger partial charge < -0.3 is 4.74 Å². The van der Waals surface area contributed by atoms with E-state index in [0.717, 1.165) is 0 Å². The van der Waals surface area contributed by atoms with Gasteiger partial charge in [0, 0.05) is 21.1 Å². The minimum absolute atomic E-state index is 0.0812. The first-order chi connectivity index (χ1) is 8.80. The highest BCUT2D eigenvalue weighted by molar-refractivity contribution is 8.13. The lowest BCUT2D eigenvalue weighted by Gasteiger charge is -2.30. The average Bonchev–Trinajstić information content (AvgIpc) is 2.35. The Bertz CT molecular complexity index is 493. The standard InChI is InChI=1S/C13H18Cl2O3S/c1-3-13(4-2,10-19(15,16)17)9-18-12-7-5-11(14)6-8-12/h5-8H,3-4,9-10H2,1-2H3. The lowest BCUT2D eigenvalue weighted by Crippen LogP contribution is -2.33. The van der Waals surface area contributed by atoms with E-state index in [9.17, 15) is 8.42 Å². The SMILES string of the molecule is CCC(CC)(COc1ccc(Cl)cc1)CS(=O)(=O)Cl. The third-order valence-electron chi connectivity index (χ3n) is 3.34. The second-order valence-electron chi connectivity index (χ2n) is 4.63. The van der Waals surface area contributed by atoms with Crippen molar-refractivity contribution in [3.8, 4) is 5.75 Å². The van der Waals surface area contributed by atoms with Crippen molar-refractivity contribution in [2.45, 2.75) is 26.7 Å². The molecule has 0 aromatic heterocycles. The highest BCUT2D eigenvalue weighted by Gasteiger charge is 2.32. The van der Waals surface area contributed by atoms with Crippen LogP contribution in [-0.2, 0) is 9.05 Å². The lowest BCUT2D eigenvalue weighted by atomic mass is 9.85. The molecule has 6 heteroatoms. The molecule has 19 heavy (non-hydrogen) atoms. The Labute approximate surface area is 124 Å². The Balaban J connectivity index is 2.76. The number of ether oxygens (including phenoxy) is 1. The van der Waals surface area contributed by atoms with E-state index in [1.165, 1.54) is 0 Å². The van der Waals surface area contributed by atoms with E-state index < -0.39 is 14.5 Å². The van der Waals surface area contributed by atoms with Crippen molar-refractivity contribution in [1.29, 1.82) is 0 Å². The molecule has 0 atom stereocenters. The summed E-state index contributed by atoms with van der Waals surface area (Å²) in [7, 11) is 1.83. The first kappa shape index (κ1) is 16.6. The predicted molar refractivity (Wildman–Crippen MR) is 79.6 cm³/mol. The zero-order valence-electron chi connectivity index (χ0n) is 11.0. The fraction of sp³-hybridized carbons (Fsp3) is 0.538. The molecule has 0 amide bonds. The van der Waals surface area contributed by atoms with Gasteiger partial charge in [0.1, 0.15) is 5.75 Å². The normalized spacial score (nSPS) is 12.4. The van der Waals surface area contributed by atoms with Gasteiger partial charge in [0.05, 0.1) is 12.4 Å². The molecule has 0 unspecified atom stereocenters. The van der Waals surface area contributed by atoms with Gasteiger partial charge >= 0.3 is 0 Å². The average molecular weight is 325 g/mol. The molecule has 3 nitrogen and oxygen atoms in total. The molecular weight excluding hydrogens is 307 g/mol. The zero-order chi connectivity index (χ0) is 14.5. The van der Waals surface area contributed by atoms with Crippen LogP contribution in [0.3, 0.4) is 0 Å². The second-order valence-corrected chi connectivity index (χ2v) is 7.85. The van der Waals surface area contributed by atoms with Crippen LogP contribution < -0.4 is 4.74 Å². The molecule has 0 bridgehead atoms. The van der Waals surface area contributed by atoms with Crippen molar-refractivity contribution < 1.29 is 13.2 Å². The molecule has 0 saturated heterocycles. The largest absolute Gasteiger partial charge is 0.493 e. The van der Waals surface area contributed by atoms with Gasteiger partial charge in [0.25, 0.3) is 0 Å². The molecule has 1 aromatic carbocycles. The molecule has 0 aliphatic heterocycles. The molecule has 1 aromatic rings. The van der Waals surface area contributed by atoms with E-state index >= 15 is 0 Å². The molecule has 0 aliphatic rings. The maximum absolute atomic E-state index is 11.3. The first-order valence-corrected chi connectivity index (χ1v) is 8.96. The van der Waals surface area contributed by atoms with Gasteiger partial charge in [-0.1, -0.05) is 25.4 Å². The topological polar surface area (TPSA) is 43.4 Å². The van der Waals surface area contributed by atoms with Crippen LogP contribution in [0.5, 0.6) is 5.75 Å². The minimum Gasteiger partial charge on any atom is -0.493 e. The Hall–Kier alpha value is -0.450. The van der Waals surface area contributed by atoms with Crippen molar-refractivity contribution >= 4 is 31.3 Å². The van der Waals surface area contributed by atoms with Gasteiger partial charge in [-0.05, 0) is 37.1 Å². The summed E-state index contributed by atoms with van der Waals surface area (Å²) in [4.78, 5) is 0. The summed E-state index contributed by atoms with van der Waals surface area (Å²) in [6, 6.07) is 6.98. The number of halogens is 2. The summed E-state index contributed by atoms with van der Waals surface area (Å²) in [6.45, 7) is 4.20. The molecule has 0 aliphatic carbocycles. The molecule has 0 heterocycles. The van der Waals surface area contributed by atoms with Crippen LogP contribution in [0.1, 0.15) is 26.7 Å². The third kappa shape index (κ3) is 5.59. The Morgan fingerprint density at radius 1 is 1.16 bits per heavy atom. The van der Waals surface area contributed by atoms with Crippen LogP contribution in [0.2, 0.25) is 5.02 Å². The van der Waals surface area contributed by atoms with Gasteiger partial charge in [-0.15, -0.1) is 0 Å². The maximum Gasteiger partial charge on any atom is 0.233 e. The second kappa shape index (κ2) is 6.82. The van der Waals surface area contributed by atoms with E-state index in [1.54, 1.807) is 24.3 Å². The van der Waals surface area contributed by atoms with Gasteiger partial charge in [-0.2, -0.15) is 0 Å². The van der Waals surface area contributed by atoms with Crippen LogP contribution >= 0.6 is 22.3 Å². The molecular formula is C13H18Cl2O3S. The van der Waals surface area contributed by atoms with Crippen molar-refractivity contribution in [3.63, 3.8) is 0 Å². The van der Waals surface area contributed by atoms with E-state index in [0.29, 0.717) is 30.2 Å². The smallest absolute Gasteiger partial charge is 0.233 e. The van der Waals surface area contributed by atoms with E-state index in [-0.39, 0.29) is 5.75 Å². The monoisotopic (exact) mass is 324 g/mol. The summed E-state index contributed by atoms with van der Waals surface area (Å²) in [5, 5.41) is 0.632. The summed E-state index contributed by atoms with van der Waals surface area (Å²) in [5.41, 5.74) is -0.458. The van der Waals surface area contributed by atoms with Crippen molar-refractivity contribution in [1.82, 2.24) is 0 Å². The van der Waals surface area contributed by atoms with Crippen LogP contribution in [0.4, 0.5) is 0 Å². The Kier molecular flexibility index (Phi) is 5.96. The number of rotatable bonds is 7. The highest BCUT2D eigenvalue weighted by atomic mass is 35.7. The molecule has 1 rings (SSSR count). The van der Waals surface area contributed by atoms with Crippen LogP contribution in [0, 0.1) is 5.41 Å². The molecule has 0 saturated carbocycles. The summed E-state index contributed by atoms with van der Waals surface area (Å²) < 4.78 is 28.3. The van der Waals surface area contributed by atoms with Crippen LogP contribution in [0.15, 0.2) is 24.3 Å². The van der Waals surface area contributed by atoms with E-state index in [2.05, 4.69) is 0 Å². The third-order valence-corrected chi connectivity index (χ3v) is 4.87. The first-order valence-electron chi connectivity index (χ1n) is 6.11. The van der Waals surface area contributed by atoms with E-state index in [1.807, 2.05) is 13.8 Å². The van der Waals surface area contributed by atoms with Gasteiger partial charge in [-0.3, -0.25) is 0 Å². The maximum atomic E-state index is 11.3. The summed E-state index contributed by atoms with van der Waals surface area (Å²) >= 11 is 5.79.